The molecule has 2 aliphatic rings. The Bertz CT molecular complexity index is 1060. The van der Waals surface area contributed by atoms with E-state index < -0.39 is 29.6 Å². The molecule has 192 valence electrons. The molecule has 1 heterocycles. The topological polar surface area (TPSA) is 95.9 Å². The molecule has 1 amide bonds. The lowest BCUT2D eigenvalue weighted by Crippen LogP contribution is -2.59. The van der Waals surface area contributed by atoms with Gasteiger partial charge in [0.15, 0.2) is 5.54 Å². The van der Waals surface area contributed by atoms with Gasteiger partial charge in [0.05, 0.1) is 12.6 Å². The van der Waals surface area contributed by atoms with Crippen LogP contribution >= 0.6 is 0 Å². The fourth-order valence-corrected chi connectivity index (χ4v) is 6.04. The number of aryl methyl sites for hydroxylation is 1. The molecule has 2 aromatic carbocycles. The summed E-state index contributed by atoms with van der Waals surface area (Å²) in [5.41, 5.74) is 0.307. The Morgan fingerprint density at radius 3 is 2.39 bits per heavy atom. The molecular formula is C29H36N2O5. The largest absolute Gasteiger partial charge is 0.479 e. The van der Waals surface area contributed by atoms with Crippen LogP contribution in [-0.4, -0.2) is 52.6 Å². The monoisotopic (exact) mass is 492 g/mol. The number of fused-ring (bicyclic) bond motifs is 1. The number of carbonyl (C=O) groups is 3. The van der Waals surface area contributed by atoms with Crippen LogP contribution < -0.4 is 5.32 Å². The van der Waals surface area contributed by atoms with Gasteiger partial charge in [-0.1, -0.05) is 67.1 Å². The van der Waals surface area contributed by atoms with E-state index in [4.69, 9.17) is 4.74 Å². The first-order chi connectivity index (χ1) is 17.4. The SMILES string of the molecule is CCOC(=O)[C@H](CCc1ccccc1)N[C@@H](C)C(=O)N1[C@H]2CCC[C@H]2C[C@]1(C(=O)O)c1ccccc1. The van der Waals surface area contributed by atoms with Crippen LogP contribution in [0.25, 0.3) is 0 Å². The van der Waals surface area contributed by atoms with Crippen molar-refractivity contribution < 1.29 is 24.2 Å². The Kier molecular flexibility index (Phi) is 8.09. The normalized spacial score (nSPS) is 24.7. The number of aliphatic carboxylic acids is 1. The number of ether oxygens (including phenoxy) is 1. The molecule has 1 saturated heterocycles. The summed E-state index contributed by atoms with van der Waals surface area (Å²) in [6, 6.07) is 17.4. The third-order valence-electron chi connectivity index (χ3n) is 7.72. The van der Waals surface area contributed by atoms with Gasteiger partial charge in [0.25, 0.3) is 0 Å². The first-order valence-corrected chi connectivity index (χ1v) is 13.0. The number of carboxylic acid groups (broad SMARTS) is 1. The van der Waals surface area contributed by atoms with E-state index in [1.54, 1.807) is 30.9 Å². The Balaban J connectivity index is 1.59. The molecule has 7 nitrogen and oxygen atoms in total. The fraction of sp³-hybridized carbons (Fsp3) is 0.483. The van der Waals surface area contributed by atoms with E-state index in [0.717, 1.165) is 24.8 Å². The molecule has 2 aromatic rings. The van der Waals surface area contributed by atoms with E-state index >= 15 is 0 Å². The smallest absolute Gasteiger partial charge is 0.334 e. The van der Waals surface area contributed by atoms with Gasteiger partial charge in [-0.25, -0.2) is 4.79 Å². The lowest BCUT2D eigenvalue weighted by molar-refractivity contribution is -0.160. The van der Waals surface area contributed by atoms with Crippen LogP contribution in [0.15, 0.2) is 60.7 Å². The maximum atomic E-state index is 14.0. The van der Waals surface area contributed by atoms with Crippen molar-refractivity contribution >= 4 is 17.8 Å². The predicted molar refractivity (Wildman–Crippen MR) is 136 cm³/mol. The van der Waals surface area contributed by atoms with Gasteiger partial charge in [0.1, 0.15) is 6.04 Å². The third-order valence-corrected chi connectivity index (χ3v) is 7.72. The van der Waals surface area contributed by atoms with Crippen molar-refractivity contribution in [3.05, 3.63) is 71.8 Å². The standard InChI is InChI=1S/C29H36N2O5/c1-3-36-27(33)24(18-17-21-11-6-4-7-12-21)30-20(2)26(32)31-25-16-10-13-22(25)19-29(31,28(34)35)23-14-8-5-9-15-23/h4-9,11-12,14-15,20,22,24-25,30H,3,10,13,16-19H2,1-2H3,(H,34,35)/t20-,22-,24-,25-,29+/m0/s1. The number of nitrogens with one attached hydrogen (secondary N) is 1. The number of carbonyl (C=O) groups excluding carboxylic acids is 2. The van der Waals surface area contributed by atoms with Crippen molar-refractivity contribution in [1.29, 1.82) is 0 Å². The summed E-state index contributed by atoms with van der Waals surface area (Å²) in [7, 11) is 0. The number of amides is 1. The number of hydrogen-bond acceptors (Lipinski definition) is 5. The van der Waals surface area contributed by atoms with Crippen LogP contribution in [0.5, 0.6) is 0 Å². The van der Waals surface area contributed by atoms with Crippen molar-refractivity contribution in [2.75, 3.05) is 6.61 Å². The maximum Gasteiger partial charge on any atom is 0.334 e. The molecule has 7 heteroatoms. The molecule has 2 fully saturated rings. The van der Waals surface area contributed by atoms with E-state index in [1.165, 1.54) is 0 Å². The van der Waals surface area contributed by atoms with Gasteiger partial charge in [-0.2, -0.15) is 0 Å². The van der Waals surface area contributed by atoms with Crippen LogP contribution in [-0.2, 0) is 31.1 Å². The molecule has 0 aromatic heterocycles. The van der Waals surface area contributed by atoms with Crippen molar-refractivity contribution in [2.24, 2.45) is 5.92 Å². The molecule has 5 atom stereocenters. The zero-order valence-corrected chi connectivity index (χ0v) is 21.1. The lowest BCUT2D eigenvalue weighted by Gasteiger charge is -2.40. The number of nitrogens with zero attached hydrogens (tertiary/aromatic N) is 1. The van der Waals surface area contributed by atoms with Gasteiger partial charge < -0.3 is 14.7 Å². The maximum absolute atomic E-state index is 14.0. The van der Waals surface area contributed by atoms with Crippen molar-refractivity contribution in [1.82, 2.24) is 10.2 Å². The van der Waals surface area contributed by atoms with E-state index in [-0.39, 0.29) is 24.5 Å². The minimum atomic E-state index is -1.41. The molecule has 0 spiro atoms. The van der Waals surface area contributed by atoms with Gasteiger partial charge in [0.2, 0.25) is 5.91 Å². The number of hydrogen-bond donors (Lipinski definition) is 2. The average Bonchev–Trinajstić information content (AvgIpc) is 3.47. The molecular weight excluding hydrogens is 456 g/mol. The Morgan fingerprint density at radius 1 is 1.08 bits per heavy atom. The summed E-state index contributed by atoms with van der Waals surface area (Å²) in [4.78, 5) is 41.3. The highest BCUT2D eigenvalue weighted by Gasteiger charge is 2.60. The molecule has 1 aliphatic carbocycles. The molecule has 36 heavy (non-hydrogen) atoms. The minimum absolute atomic E-state index is 0.122. The zero-order valence-electron chi connectivity index (χ0n) is 21.1. The number of esters is 1. The number of likely N-dealkylation sites (tertiary alicyclic amines) is 1. The van der Waals surface area contributed by atoms with Crippen molar-refractivity contribution in [3.63, 3.8) is 0 Å². The highest BCUT2D eigenvalue weighted by Crippen LogP contribution is 2.51. The molecule has 0 unspecified atom stereocenters. The highest BCUT2D eigenvalue weighted by atomic mass is 16.5. The third kappa shape index (κ3) is 5.03. The van der Waals surface area contributed by atoms with Gasteiger partial charge >= 0.3 is 11.9 Å². The Hall–Kier alpha value is -3.19. The fourth-order valence-electron chi connectivity index (χ4n) is 6.04. The second-order valence-electron chi connectivity index (χ2n) is 9.92. The van der Waals surface area contributed by atoms with Gasteiger partial charge in [-0.15, -0.1) is 0 Å². The van der Waals surface area contributed by atoms with Gasteiger partial charge in [0, 0.05) is 6.04 Å². The first kappa shape index (κ1) is 25.9. The quantitative estimate of drug-likeness (QED) is 0.488. The first-order valence-electron chi connectivity index (χ1n) is 13.0. The zero-order chi connectivity index (χ0) is 25.7. The summed E-state index contributed by atoms with van der Waals surface area (Å²) >= 11 is 0. The van der Waals surface area contributed by atoms with Crippen molar-refractivity contribution in [3.8, 4) is 0 Å². The minimum Gasteiger partial charge on any atom is -0.479 e. The predicted octanol–water partition coefficient (Wildman–Crippen LogP) is 3.91. The van der Waals surface area contributed by atoms with E-state index in [2.05, 4.69) is 5.32 Å². The van der Waals surface area contributed by atoms with E-state index in [9.17, 15) is 19.5 Å². The number of rotatable bonds is 10. The van der Waals surface area contributed by atoms with Crippen LogP contribution in [0.1, 0.15) is 57.1 Å². The Labute approximate surface area is 212 Å². The van der Waals surface area contributed by atoms with Crippen LogP contribution in [0.3, 0.4) is 0 Å². The summed E-state index contributed by atoms with van der Waals surface area (Å²) in [6.07, 6.45) is 4.21. The summed E-state index contributed by atoms with van der Waals surface area (Å²) in [6.45, 7) is 3.72. The van der Waals surface area contributed by atoms with Crippen LogP contribution in [0.2, 0.25) is 0 Å². The van der Waals surface area contributed by atoms with Gasteiger partial charge in [-0.3, -0.25) is 14.9 Å². The molecule has 1 aliphatic heterocycles. The molecule has 2 N–H and O–H groups in total. The summed E-state index contributed by atoms with van der Waals surface area (Å²) in [5.74, 6) is -1.54. The number of benzene rings is 2. The second kappa shape index (κ2) is 11.2. The second-order valence-corrected chi connectivity index (χ2v) is 9.92. The summed E-state index contributed by atoms with van der Waals surface area (Å²) in [5, 5.41) is 13.7. The molecule has 0 radical (unpaired) electrons. The van der Waals surface area contributed by atoms with E-state index in [0.29, 0.717) is 24.8 Å². The van der Waals surface area contributed by atoms with Gasteiger partial charge in [-0.05, 0) is 63.0 Å². The molecule has 4 rings (SSSR count). The van der Waals surface area contributed by atoms with Crippen molar-refractivity contribution in [2.45, 2.75) is 76.0 Å². The molecule has 1 saturated carbocycles. The van der Waals surface area contributed by atoms with Crippen LogP contribution in [0, 0.1) is 5.92 Å². The Morgan fingerprint density at radius 2 is 1.75 bits per heavy atom. The number of carboxylic acids is 1. The average molecular weight is 493 g/mol. The van der Waals surface area contributed by atoms with Crippen LogP contribution in [0.4, 0.5) is 0 Å². The molecule has 0 bridgehead atoms. The summed E-state index contributed by atoms with van der Waals surface area (Å²) < 4.78 is 5.30. The van der Waals surface area contributed by atoms with E-state index in [1.807, 2.05) is 48.5 Å². The highest BCUT2D eigenvalue weighted by molar-refractivity contribution is 5.92. The lowest BCUT2D eigenvalue weighted by atomic mass is 9.84.